The zero-order valence-corrected chi connectivity index (χ0v) is 31.9. The number of hydrogen-bond acceptors (Lipinski definition) is 8. The van der Waals surface area contributed by atoms with Gasteiger partial charge in [-0.2, -0.15) is 5.26 Å². The summed E-state index contributed by atoms with van der Waals surface area (Å²) in [4.78, 5) is 34.3. The quantitative estimate of drug-likeness (QED) is 0.154. The normalized spacial score (nSPS) is 11.3. The third-order valence-electron chi connectivity index (χ3n) is 10.9. The minimum Gasteiger partial charge on any atom is -0.254 e. The Labute approximate surface area is 344 Å². The zero-order chi connectivity index (χ0) is 40.0. The zero-order valence-electron chi connectivity index (χ0n) is 31.9. The van der Waals surface area contributed by atoms with Crippen molar-refractivity contribution in [2.24, 2.45) is 0 Å². The van der Waals surface area contributed by atoms with Gasteiger partial charge in [-0.25, -0.2) is 15.0 Å². The Morgan fingerprint density at radius 2 is 0.733 bits per heavy atom. The van der Waals surface area contributed by atoms with Crippen molar-refractivity contribution in [3.63, 3.8) is 0 Å². The summed E-state index contributed by atoms with van der Waals surface area (Å²) in [5.41, 5.74) is 12.8. The molecule has 0 spiro atoms. The van der Waals surface area contributed by atoms with Crippen LogP contribution in [0.25, 0.3) is 111 Å². The minimum absolute atomic E-state index is 0.551. The highest BCUT2D eigenvalue weighted by molar-refractivity contribution is 6.11. The van der Waals surface area contributed by atoms with Crippen LogP contribution in [-0.2, 0) is 0 Å². The third-order valence-corrected chi connectivity index (χ3v) is 10.9. The fourth-order valence-corrected chi connectivity index (χ4v) is 7.99. The molecule has 0 fully saturated rings. The lowest BCUT2D eigenvalue weighted by atomic mass is 9.96. The first kappa shape index (κ1) is 34.7. The van der Waals surface area contributed by atoms with Crippen LogP contribution >= 0.6 is 0 Å². The summed E-state index contributed by atoms with van der Waals surface area (Å²) in [7, 11) is 0. The van der Waals surface area contributed by atoms with E-state index >= 15 is 0 Å². The van der Waals surface area contributed by atoms with Gasteiger partial charge in [-0.1, -0.05) is 97.1 Å². The van der Waals surface area contributed by atoms with Gasteiger partial charge in [-0.05, 0) is 94.0 Å². The van der Waals surface area contributed by atoms with Gasteiger partial charge in [0, 0.05) is 63.0 Å². The van der Waals surface area contributed by atoms with Crippen molar-refractivity contribution in [1.29, 1.82) is 5.26 Å². The number of pyridine rings is 4. The number of fused-ring (bicyclic) bond motifs is 6. The molecule has 0 saturated heterocycles. The molecule has 8 nitrogen and oxygen atoms in total. The third kappa shape index (κ3) is 6.15. The fraction of sp³-hybridized carbons (Fsp3) is 0. The van der Waals surface area contributed by atoms with Crippen molar-refractivity contribution in [2.75, 3.05) is 0 Å². The molecule has 11 aromatic rings. The minimum atomic E-state index is 0.551. The van der Waals surface area contributed by atoms with E-state index in [1.807, 2.05) is 110 Å². The van der Waals surface area contributed by atoms with Crippen LogP contribution in [0.3, 0.4) is 0 Å². The van der Waals surface area contributed by atoms with Gasteiger partial charge in [-0.15, -0.1) is 0 Å². The summed E-state index contributed by atoms with van der Waals surface area (Å²) >= 11 is 0. The van der Waals surface area contributed by atoms with Crippen LogP contribution in [0.5, 0.6) is 0 Å². The molecule has 0 atom stereocenters. The van der Waals surface area contributed by atoms with Gasteiger partial charge < -0.3 is 0 Å². The van der Waals surface area contributed by atoms with Crippen molar-refractivity contribution >= 4 is 43.6 Å². The van der Waals surface area contributed by atoms with Crippen molar-refractivity contribution in [3.8, 4) is 73.6 Å². The van der Waals surface area contributed by atoms with E-state index in [0.29, 0.717) is 23.0 Å². The Hall–Kier alpha value is -8.54. The number of aromatic nitrogens is 7. The van der Waals surface area contributed by atoms with Gasteiger partial charge in [0.05, 0.1) is 33.7 Å². The molecule has 5 aromatic heterocycles. The summed E-state index contributed by atoms with van der Waals surface area (Å²) in [5.74, 6) is 1.65. The molecule has 0 N–H and O–H groups in total. The lowest BCUT2D eigenvalue weighted by molar-refractivity contribution is 1.07. The lowest BCUT2D eigenvalue weighted by Gasteiger charge is -2.13. The van der Waals surface area contributed by atoms with E-state index in [0.717, 1.165) is 93.7 Å². The van der Waals surface area contributed by atoms with Crippen molar-refractivity contribution in [1.82, 2.24) is 34.9 Å². The molecule has 278 valence electrons. The van der Waals surface area contributed by atoms with E-state index < -0.39 is 0 Å². The molecule has 0 aliphatic carbocycles. The van der Waals surface area contributed by atoms with Crippen LogP contribution < -0.4 is 0 Å². The first-order valence-corrected chi connectivity index (χ1v) is 19.5. The highest BCUT2D eigenvalue weighted by Gasteiger charge is 2.17. The average Bonchev–Trinajstić information content (AvgIpc) is 3.33. The van der Waals surface area contributed by atoms with E-state index in [1.54, 1.807) is 0 Å². The van der Waals surface area contributed by atoms with Gasteiger partial charge in [0.1, 0.15) is 0 Å². The van der Waals surface area contributed by atoms with Crippen LogP contribution in [0.2, 0.25) is 0 Å². The number of hydrogen-bond donors (Lipinski definition) is 0. The summed E-state index contributed by atoms with van der Waals surface area (Å²) in [6.07, 6.45) is 7.24. The SMILES string of the molecule is N#Cc1ccc(-c2ccc(-c3nc(-c4cccc(-c5cc6cccnc6c6ncccc56)c4)nc(-c4cccc(-c5cc6cccnc6c6ncccc56)c4)n3)cc2)cc1. The molecule has 8 heteroatoms. The van der Waals surface area contributed by atoms with Crippen LogP contribution in [-0.4, -0.2) is 34.9 Å². The van der Waals surface area contributed by atoms with Gasteiger partial charge >= 0.3 is 0 Å². The molecule has 11 rings (SSSR count). The van der Waals surface area contributed by atoms with Gasteiger partial charge in [0.2, 0.25) is 0 Å². The maximum Gasteiger partial charge on any atom is 0.164 e. The highest BCUT2D eigenvalue weighted by atomic mass is 15.0. The van der Waals surface area contributed by atoms with Crippen molar-refractivity contribution in [2.45, 2.75) is 0 Å². The van der Waals surface area contributed by atoms with Gasteiger partial charge in [-0.3, -0.25) is 19.9 Å². The molecule has 0 amide bonds. The number of nitrogens with zero attached hydrogens (tertiary/aromatic N) is 8. The highest BCUT2D eigenvalue weighted by Crippen LogP contribution is 2.37. The molecule has 5 heterocycles. The molecule has 0 radical (unpaired) electrons. The Bertz CT molecular complexity index is 3320. The van der Waals surface area contributed by atoms with Crippen LogP contribution in [0, 0.1) is 11.3 Å². The number of rotatable bonds is 6. The van der Waals surface area contributed by atoms with Gasteiger partial charge in [0.25, 0.3) is 0 Å². The van der Waals surface area contributed by atoms with Crippen molar-refractivity contribution < 1.29 is 0 Å². The van der Waals surface area contributed by atoms with E-state index in [1.165, 1.54) is 0 Å². The number of nitriles is 1. The first-order valence-electron chi connectivity index (χ1n) is 19.5. The Morgan fingerprint density at radius 1 is 0.333 bits per heavy atom. The van der Waals surface area contributed by atoms with Crippen LogP contribution in [0.4, 0.5) is 0 Å². The summed E-state index contributed by atoms with van der Waals surface area (Å²) in [6, 6.07) is 55.2. The second-order valence-corrected chi connectivity index (χ2v) is 14.5. The molecular formula is C52H30N8. The standard InChI is InChI=1S/C52H30N8/c53-31-32-15-17-33(18-16-32)34-19-21-35(22-20-34)50-58-51(40-9-1-7-36(27-40)44-29-38-11-3-23-54-46(38)48-42(44)13-5-25-56-48)60-52(59-50)41-10-2-8-37(28-41)45-30-39-12-4-24-55-47(39)49-43(45)14-6-26-57-49/h1-30H. The summed E-state index contributed by atoms with van der Waals surface area (Å²) in [6.45, 7) is 0. The molecule has 0 saturated carbocycles. The predicted molar refractivity (Wildman–Crippen MR) is 238 cm³/mol. The Kier molecular flexibility index (Phi) is 8.35. The van der Waals surface area contributed by atoms with E-state index in [9.17, 15) is 5.26 Å². The Balaban J connectivity index is 1.07. The second kappa shape index (κ2) is 14.4. The first-order chi connectivity index (χ1) is 29.7. The van der Waals surface area contributed by atoms with Crippen LogP contribution in [0.15, 0.2) is 183 Å². The molecule has 0 unspecified atom stereocenters. The van der Waals surface area contributed by atoms with E-state index in [2.05, 4.69) is 88.8 Å². The summed E-state index contributed by atoms with van der Waals surface area (Å²) in [5, 5.41) is 13.4. The number of benzene rings is 6. The van der Waals surface area contributed by atoms with Crippen LogP contribution in [0.1, 0.15) is 5.56 Å². The van der Waals surface area contributed by atoms with E-state index in [-0.39, 0.29) is 0 Å². The largest absolute Gasteiger partial charge is 0.254 e. The second-order valence-electron chi connectivity index (χ2n) is 14.5. The molecule has 0 aliphatic heterocycles. The maximum absolute atomic E-state index is 9.30. The lowest BCUT2D eigenvalue weighted by Crippen LogP contribution is -2.00. The molecular weight excluding hydrogens is 737 g/mol. The topological polar surface area (TPSA) is 114 Å². The molecule has 0 bridgehead atoms. The Morgan fingerprint density at radius 3 is 1.22 bits per heavy atom. The fourth-order valence-electron chi connectivity index (χ4n) is 7.99. The average molecular weight is 767 g/mol. The predicted octanol–water partition coefficient (Wildman–Crippen LogP) is 11.9. The summed E-state index contributed by atoms with van der Waals surface area (Å²) < 4.78 is 0. The van der Waals surface area contributed by atoms with E-state index in [4.69, 9.17) is 24.9 Å². The molecule has 0 aliphatic rings. The van der Waals surface area contributed by atoms with Gasteiger partial charge in [0.15, 0.2) is 17.5 Å². The smallest absolute Gasteiger partial charge is 0.164 e. The molecule has 6 aromatic carbocycles. The monoisotopic (exact) mass is 766 g/mol. The molecule has 60 heavy (non-hydrogen) atoms. The van der Waals surface area contributed by atoms with Crippen molar-refractivity contribution in [3.05, 3.63) is 188 Å². The maximum atomic E-state index is 9.30.